The van der Waals surface area contributed by atoms with Gasteiger partial charge in [0.05, 0.1) is 49.7 Å². The van der Waals surface area contributed by atoms with Crippen LogP contribution in [0.4, 0.5) is 33.4 Å². The minimum absolute atomic E-state index is 0.0593. The third-order valence-corrected chi connectivity index (χ3v) is 10.3. The number of pyridine rings is 1. The summed E-state index contributed by atoms with van der Waals surface area (Å²) < 4.78 is 49.3. The molecule has 18 nitrogen and oxygen atoms in total. The number of aromatic nitrogens is 1. The first-order valence-corrected chi connectivity index (χ1v) is 20.8. The number of methoxy groups -OCH3 is 2. The van der Waals surface area contributed by atoms with E-state index in [2.05, 4.69) is 31.0 Å². The van der Waals surface area contributed by atoms with Crippen molar-refractivity contribution in [3.05, 3.63) is 96.2 Å². The van der Waals surface area contributed by atoms with Gasteiger partial charge in [-0.1, -0.05) is 45.0 Å². The van der Waals surface area contributed by atoms with Gasteiger partial charge in [-0.3, -0.25) is 9.52 Å². The summed E-state index contributed by atoms with van der Waals surface area (Å²) >= 11 is 0. The maximum atomic E-state index is 13.5. The summed E-state index contributed by atoms with van der Waals surface area (Å²) in [6, 6.07) is 20.1. The number of ether oxygens (including phenoxy) is 4. The van der Waals surface area contributed by atoms with E-state index in [1.54, 1.807) is 48.5 Å². The number of nitrogens with zero attached hydrogens (tertiary/aromatic N) is 1. The number of anilines is 5. The summed E-state index contributed by atoms with van der Waals surface area (Å²) in [7, 11) is -0.923. The Balaban J connectivity index is 1.17. The third-order valence-electron chi connectivity index (χ3n) is 9.71. The Kier molecular flexibility index (Phi) is 13.2. The number of carbonyl (C=O) groups is 2. The highest BCUT2D eigenvalue weighted by molar-refractivity contribution is 7.92. The molecule has 1 fully saturated rings. The summed E-state index contributed by atoms with van der Waals surface area (Å²) in [5, 5.41) is 53.0. The van der Waals surface area contributed by atoms with E-state index in [4.69, 9.17) is 18.9 Å². The molecule has 1 saturated heterocycles. The summed E-state index contributed by atoms with van der Waals surface area (Å²) in [6.45, 7) is 5.24. The normalized spacial score (nSPS) is 19.1. The number of carbonyl (C=O) groups excluding carboxylic acids is 2. The molecule has 0 bridgehead atoms. The Morgan fingerprint density at radius 3 is 2.21 bits per heavy atom. The molecule has 1 aliphatic rings. The number of nitrogens with one attached hydrogen (secondary N) is 5. The molecule has 3 amide bonds. The average molecular weight is 861 g/mol. The van der Waals surface area contributed by atoms with E-state index in [9.17, 15) is 38.4 Å². The van der Waals surface area contributed by atoms with Crippen molar-refractivity contribution in [2.24, 2.45) is 0 Å². The van der Waals surface area contributed by atoms with Crippen molar-refractivity contribution in [3.8, 4) is 23.0 Å². The van der Waals surface area contributed by atoms with Crippen LogP contribution in [0.5, 0.6) is 23.0 Å². The van der Waals surface area contributed by atoms with Crippen molar-refractivity contribution in [1.82, 2.24) is 10.3 Å². The first-order chi connectivity index (χ1) is 28.9. The third kappa shape index (κ3) is 10.4. The first kappa shape index (κ1) is 44.3. The number of benzene rings is 4. The van der Waals surface area contributed by atoms with Crippen LogP contribution in [0.15, 0.2) is 85.1 Å². The molecule has 9 N–H and O–H groups in total. The van der Waals surface area contributed by atoms with Gasteiger partial charge in [0.15, 0.2) is 12.0 Å². The SMILES string of the molecule is COc1cc(Nc2cc(Oc3ccc(NC(=O)Nc4cc(C(C)(C)C)cc(NS(C)(=O)=O)c4OC)c4ccccc34)ccn2)ccc1C(=O)N[C@H]1C(O)O[C@H](CO)[C@@H](O)[C@@H]1O. The molecule has 1 aliphatic heterocycles. The van der Waals surface area contributed by atoms with E-state index < -0.39 is 64.6 Å². The number of hydrogen-bond acceptors (Lipinski definition) is 14. The second-order valence-corrected chi connectivity index (χ2v) is 17.0. The maximum Gasteiger partial charge on any atom is 0.323 e. The Hall–Kier alpha value is -6.22. The number of aliphatic hydroxyl groups excluding tert-OH is 4. The molecule has 0 radical (unpaired) electrons. The van der Waals surface area contributed by atoms with Crippen LogP contribution in [0.1, 0.15) is 36.7 Å². The molecule has 2 heterocycles. The number of hydrogen-bond donors (Lipinski definition) is 9. The van der Waals surface area contributed by atoms with Gasteiger partial charge >= 0.3 is 6.03 Å². The van der Waals surface area contributed by atoms with Crippen LogP contribution in [0.3, 0.4) is 0 Å². The molecule has 5 aromatic rings. The predicted molar refractivity (Wildman–Crippen MR) is 229 cm³/mol. The van der Waals surface area contributed by atoms with E-state index in [1.807, 2.05) is 45.0 Å². The highest BCUT2D eigenvalue weighted by Gasteiger charge is 2.44. The summed E-state index contributed by atoms with van der Waals surface area (Å²) in [5.41, 5.74) is 1.82. The van der Waals surface area contributed by atoms with Crippen molar-refractivity contribution in [2.45, 2.75) is 56.8 Å². The minimum Gasteiger partial charge on any atom is -0.496 e. The predicted octanol–water partition coefficient (Wildman–Crippen LogP) is 4.63. The van der Waals surface area contributed by atoms with Gasteiger partial charge in [0, 0.05) is 34.8 Å². The fourth-order valence-corrected chi connectivity index (χ4v) is 7.20. The van der Waals surface area contributed by atoms with Crippen molar-refractivity contribution in [2.75, 3.05) is 47.8 Å². The van der Waals surface area contributed by atoms with Gasteiger partial charge in [0.25, 0.3) is 5.91 Å². The van der Waals surface area contributed by atoms with Crippen LogP contribution in [0.2, 0.25) is 0 Å². The molecule has 61 heavy (non-hydrogen) atoms. The minimum atomic E-state index is -3.67. The van der Waals surface area contributed by atoms with Gasteiger partial charge < -0.3 is 60.6 Å². The topological polar surface area (TPSA) is 259 Å². The van der Waals surface area contributed by atoms with Gasteiger partial charge in [0.1, 0.15) is 47.4 Å². The zero-order chi connectivity index (χ0) is 44.2. The number of urea groups is 1. The second-order valence-electron chi connectivity index (χ2n) is 15.2. The smallest absolute Gasteiger partial charge is 0.323 e. The zero-order valence-electron chi connectivity index (χ0n) is 34.1. The number of amides is 3. The van der Waals surface area contributed by atoms with Gasteiger partial charge in [-0.25, -0.2) is 18.2 Å². The number of rotatable bonds is 13. The molecule has 5 atom stereocenters. The Bertz CT molecular complexity index is 2530. The van der Waals surface area contributed by atoms with Crippen molar-refractivity contribution in [3.63, 3.8) is 0 Å². The molecular formula is C42H48N6O12S. The quantitative estimate of drug-likeness (QED) is 0.0783. The second kappa shape index (κ2) is 18.2. The Morgan fingerprint density at radius 2 is 1.54 bits per heavy atom. The van der Waals surface area contributed by atoms with Gasteiger partial charge in [-0.05, 0) is 53.4 Å². The summed E-state index contributed by atoms with van der Waals surface area (Å²) in [5.74, 6) is 0.841. The molecule has 4 aromatic carbocycles. The highest BCUT2D eigenvalue weighted by atomic mass is 32.2. The van der Waals surface area contributed by atoms with E-state index in [1.165, 1.54) is 26.5 Å². The van der Waals surface area contributed by atoms with E-state index >= 15 is 0 Å². The van der Waals surface area contributed by atoms with Crippen LogP contribution in [-0.2, 0) is 20.2 Å². The van der Waals surface area contributed by atoms with Crippen molar-refractivity contribution >= 4 is 61.3 Å². The Morgan fingerprint density at radius 1 is 0.836 bits per heavy atom. The van der Waals surface area contributed by atoms with Gasteiger partial charge in [-0.15, -0.1) is 0 Å². The molecule has 19 heteroatoms. The molecule has 0 saturated carbocycles. The zero-order valence-corrected chi connectivity index (χ0v) is 34.9. The van der Waals surface area contributed by atoms with Crippen LogP contribution >= 0.6 is 0 Å². The number of fused-ring (bicyclic) bond motifs is 1. The standard InChI is InChI=1S/C42H48N6O12S/c1-42(2,3)22-17-29(38(58-5)30(18-22)48-61(6,55)56)46-41(54)45-28-13-14-31(26-10-8-7-9-25(26)28)59-24-15-16-43-34(20-24)44-23-11-12-27(32(19-23)57-4)39(52)47-35-37(51)36(50)33(21-49)60-40(35)53/h7-20,33,35-37,40,48-51,53H,21H2,1-6H3,(H,43,44)(H,47,52)(H2,45,46,54)/t33-,35-,36-,37-,40?/m1/s1. The lowest BCUT2D eigenvalue weighted by Crippen LogP contribution is -2.64. The molecule has 6 rings (SSSR count). The van der Waals surface area contributed by atoms with Gasteiger partial charge in [0.2, 0.25) is 10.0 Å². The lowest BCUT2D eigenvalue weighted by molar-refractivity contribution is -0.252. The molecule has 324 valence electrons. The van der Waals surface area contributed by atoms with E-state index in [0.29, 0.717) is 39.5 Å². The van der Waals surface area contributed by atoms with Crippen LogP contribution < -0.4 is 40.2 Å². The highest BCUT2D eigenvalue weighted by Crippen LogP contribution is 2.40. The van der Waals surface area contributed by atoms with Crippen LogP contribution in [0.25, 0.3) is 10.8 Å². The summed E-state index contributed by atoms with van der Waals surface area (Å²) in [6.07, 6.45) is -3.51. The molecular weight excluding hydrogens is 813 g/mol. The maximum absolute atomic E-state index is 13.5. The average Bonchev–Trinajstić information content (AvgIpc) is 3.20. The largest absolute Gasteiger partial charge is 0.496 e. The number of sulfonamides is 1. The lowest BCUT2D eigenvalue weighted by Gasteiger charge is -2.40. The van der Waals surface area contributed by atoms with Crippen molar-refractivity contribution in [1.29, 1.82) is 0 Å². The van der Waals surface area contributed by atoms with Crippen LogP contribution in [0, 0.1) is 0 Å². The van der Waals surface area contributed by atoms with Crippen LogP contribution in [-0.4, -0.2) is 103 Å². The van der Waals surface area contributed by atoms with E-state index in [0.717, 1.165) is 11.8 Å². The van der Waals surface area contributed by atoms with Crippen molar-refractivity contribution < 1.29 is 57.4 Å². The fourth-order valence-electron chi connectivity index (χ4n) is 6.65. The lowest BCUT2D eigenvalue weighted by atomic mass is 9.86. The van der Waals surface area contributed by atoms with E-state index in [-0.39, 0.29) is 28.4 Å². The number of aliphatic hydroxyl groups is 4. The monoisotopic (exact) mass is 860 g/mol. The molecule has 1 aromatic heterocycles. The summed E-state index contributed by atoms with van der Waals surface area (Å²) in [4.78, 5) is 31.1. The first-order valence-electron chi connectivity index (χ1n) is 18.9. The Labute approximate surface area is 351 Å². The molecule has 0 aliphatic carbocycles. The molecule has 1 unspecified atom stereocenters. The fraction of sp³-hybridized carbons (Fsp3) is 0.310. The van der Waals surface area contributed by atoms with Gasteiger partial charge in [-0.2, -0.15) is 0 Å². The molecule has 0 spiro atoms.